The average molecular weight is 307 g/mol. The van der Waals surface area contributed by atoms with Crippen LogP contribution in [0.1, 0.15) is 11.1 Å². The number of para-hydroxylation sites is 1. The van der Waals surface area contributed by atoms with Gasteiger partial charge in [0.05, 0.1) is 5.02 Å². The van der Waals surface area contributed by atoms with Crippen molar-refractivity contribution in [3.63, 3.8) is 0 Å². The van der Waals surface area contributed by atoms with Gasteiger partial charge in [-0.3, -0.25) is 0 Å². The molecule has 21 heavy (non-hydrogen) atoms. The lowest BCUT2D eigenvalue weighted by atomic mass is 10.1. The van der Waals surface area contributed by atoms with Gasteiger partial charge in [-0.1, -0.05) is 29.8 Å². The van der Waals surface area contributed by atoms with E-state index in [0.717, 1.165) is 11.6 Å². The summed E-state index contributed by atoms with van der Waals surface area (Å²) in [5.41, 5.74) is 1.23. The molecule has 0 aromatic heterocycles. The quantitative estimate of drug-likeness (QED) is 0.834. The van der Waals surface area contributed by atoms with Crippen molar-refractivity contribution < 1.29 is 19.0 Å². The van der Waals surface area contributed by atoms with E-state index in [9.17, 15) is 9.18 Å². The predicted octanol–water partition coefficient (Wildman–Crippen LogP) is 4.68. The van der Waals surface area contributed by atoms with E-state index in [0.29, 0.717) is 16.3 Å². The van der Waals surface area contributed by atoms with Crippen LogP contribution in [0.25, 0.3) is 6.08 Å². The summed E-state index contributed by atoms with van der Waals surface area (Å²) in [6.45, 7) is 1.78. The second-order valence-electron chi connectivity index (χ2n) is 4.34. The molecule has 3 nitrogen and oxygen atoms in total. The third kappa shape index (κ3) is 3.83. The Kier molecular flexibility index (Phi) is 4.60. The third-order valence-corrected chi connectivity index (χ3v) is 3.06. The van der Waals surface area contributed by atoms with Crippen LogP contribution in [-0.4, -0.2) is 11.1 Å². The Balaban J connectivity index is 2.43. The lowest BCUT2D eigenvalue weighted by Crippen LogP contribution is -1.93. The Morgan fingerprint density at radius 3 is 2.81 bits per heavy atom. The highest BCUT2D eigenvalue weighted by Crippen LogP contribution is 2.35. The van der Waals surface area contributed by atoms with Crippen LogP contribution in [0.5, 0.6) is 11.5 Å². The predicted molar refractivity (Wildman–Crippen MR) is 79.3 cm³/mol. The van der Waals surface area contributed by atoms with E-state index in [1.54, 1.807) is 31.2 Å². The van der Waals surface area contributed by atoms with Crippen LogP contribution in [0, 0.1) is 12.7 Å². The van der Waals surface area contributed by atoms with Crippen molar-refractivity contribution in [2.45, 2.75) is 6.92 Å². The first-order chi connectivity index (χ1) is 9.97. The number of aliphatic carboxylic acids is 1. The maximum atomic E-state index is 13.3. The van der Waals surface area contributed by atoms with Crippen molar-refractivity contribution in [2.75, 3.05) is 0 Å². The summed E-state index contributed by atoms with van der Waals surface area (Å²) in [4.78, 5) is 10.6. The van der Waals surface area contributed by atoms with Gasteiger partial charge in [-0.25, -0.2) is 9.18 Å². The van der Waals surface area contributed by atoms with E-state index >= 15 is 0 Å². The van der Waals surface area contributed by atoms with Crippen molar-refractivity contribution >= 4 is 23.6 Å². The lowest BCUT2D eigenvalue weighted by molar-refractivity contribution is -0.131. The zero-order valence-electron chi connectivity index (χ0n) is 11.1. The number of halogens is 2. The molecule has 0 heterocycles. The number of rotatable bonds is 4. The van der Waals surface area contributed by atoms with E-state index in [2.05, 4.69) is 0 Å². The standard InChI is InChI=1S/C16H12ClFO3/c1-10-5-7-12(18)9-14(10)21-16-11(6-8-15(19)20)3-2-4-13(16)17/h2-9H,1H3,(H,19,20)/b8-6+. The van der Waals surface area contributed by atoms with Crippen LogP contribution in [-0.2, 0) is 4.79 Å². The van der Waals surface area contributed by atoms with Gasteiger partial charge in [-0.15, -0.1) is 0 Å². The summed E-state index contributed by atoms with van der Waals surface area (Å²) < 4.78 is 19.0. The van der Waals surface area contributed by atoms with Crippen LogP contribution >= 0.6 is 11.6 Å². The van der Waals surface area contributed by atoms with Crippen LogP contribution in [0.4, 0.5) is 4.39 Å². The zero-order chi connectivity index (χ0) is 15.4. The summed E-state index contributed by atoms with van der Waals surface area (Å²) >= 11 is 6.09. The van der Waals surface area contributed by atoms with Crippen LogP contribution in [0.3, 0.4) is 0 Å². The molecule has 5 heteroatoms. The minimum absolute atomic E-state index is 0.283. The Labute approximate surface area is 126 Å². The van der Waals surface area contributed by atoms with Crippen molar-refractivity contribution in [3.8, 4) is 11.5 Å². The summed E-state index contributed by atoms with van der Waals surface area (Å²) in [7, 11) is 0. The highest BCUT2D eigenvalue weighted by atomic mass is 35.5. The molecular formula is C16H12ClFO3. The molecule has 0 amide bonds. The van der Waals surface area contributed by atoms with Gasteiger partial charge in [0, 0.05) is 17.7 Å². The molecule has 0 aliphatic carbocycles. The molecule has 0 bridgehead atoms. The fraction of sp³-hybridized carbons (Fsp3) is 0.0625. The normalized spacial score (nSPS) is 10.8. The first kappa shape index (κ1) is 15.1. The van der Waals surface area contributed by atoms with Gasteiger partial charge in [-0.05, 0) is 30.7 Å². The number of hydrogen-bond acceptors (Lipinski definition) is 2. The van der Waals surface area contributed by atoms with Crippen molar-refractivity contribution in [1.82, 2.24) is 0 Å². The number of aryl methyl sites for hydroxylation is 1. The lowest BCUT2D eigenvalue weighted by Gasteiger charge is -2.12. The molecule has 108 valence electrons. The van der Waals surface area contributed by atoms with Gasteiger partial charge in [0.2, 0.25) is 0 Å². The SMILES string of the molecule is Cc1ccc(F)cc1Oc1c(Cl)cccc1/C=C/C(=O)O. The molecule has 2 aromatic rings. The monoisotopic (exact) mass is 306 g/mol. The summed E-state index contributed by atoms with van der Waals surface area (Å²) in [5.74, 6) is -0.897. The summed E-state index contributed by atoms with van der Waals surface area (Å²) in [6.07, 6.45) is 2.36. The minimum Gasteiger partial charge on any atom is -0.478 e. The van der Waals surface area contributed by atoms with Gasteiger partial charge in [0.15, 0.2) is 5.75 Å². The van der Waals surface area contributed by atoms with Gasteiger partial charge >= 0.3 is 5.97 Å². The Morgan fingerprint density at radius 2 is 2.10 bits per heavy atom. The molecule has 0 fully saturated rings. The number of benzene rings is 2. The number of hydrogen-bond donors (Lipinski definition) is 1. The molecule has 0 aliphatic heterocycles. The fourth-order valence-corrected chi connectivity index (χ4v) is 1.94. The van der Waals surface area contributed by atoms with Gasteiger partial charge in [-0.2, -0.15) is 0 Å². The fourth-order valence-electron chi connectivity index (χ4n) is 1.72. The minimum atomic E-state index is -1.08. The van der Waals surface area contributed by atoms with E-state index in [-0.39, 0.29) is 5.75 Å². The molecule has 0 saturated heterocycles. The highest BCUT2D eigenvalue weighted by molar-refractivity contribution is 6.32. The molecule has 1 N–H and O–H groups in total. The van der Waals surface area contributed by atoms with E-state index in [1.807, 2.05) is 0 Å². The topological polar surface area (TPSA) is 46.5 Å². The van der Waals surface area contributed by atoms with Gasteiger partial charge in [0.25, 0.3) is 0 Å². The molecule has 0 aliphatic rings. The second-order valence-corrected chi connectivity index (χ2v) is 4.75. The number of ether oxygens (including phenoxy) is 1. The zero-order valence-corrected chi connectivity index (χ0v) is 11.9. The molecular weight excluding hydrogens is 295 g/mol. The first-order valence-electron chi connectivity index (χ1n) is 6.11. The molecule has 0 spiro atoms. The largest absolute Gasteiger partial charge is 0.478 e. The summed E-state index contributed by atoms with van der Waals surface area (Å²) in [5, 5.41) is 9.01. The molecule has 0 radical (unpaired) electrons. The Hall–Kier alpha value is -2.33. The van der Waals surface area contributed by atoms with Crippen LogP contribution < -0.4 is 4.74 Å². The Bertz CT molecular complexity index is 711. The molecule has 2 rings (SSSR count). The van der Waals surface area contributed by atoms with E-state index < -0.39 is 11.8 Å². The average Bonchev–Trinajstić information content (AvgIpc) is 2.43. The smallest absolute Gasteiger partial charge is 0.328 e. The molecule has 2 aromatic carbocycles. The highest BCUT2D eigenvalue weighted by Gasteiger charge is 2.10. The van der Waals surface area contributed by atoms with Crippen molar-refractivity contribution in [3.05, 3.63) is 64.4 Å². The van der Waals surface area contributed by atoms with Crippen molar-refractivity contribution in [1.29, 1.82) is 0 Å². The van der Waals surface area contributed by atoms with Crippen LogP contribution in [0.2, 0.25) is 5.02 Å². The van der Waals surface area contributed by atoms with Gasteiger partial charge in [0.1, 0.15) is 11.6 Å². The number of carboxylic acid groups (broad SMARTS) is 1. The third-order valence-electron chi connectivity index (χ3n) is 2.77. The second kappa shape index (κ2) is 6.41. The first-order valence-corrected chi connectivity index (χ1v) is 6.48. The number of carbonyl (C=O) groups is 1. The Morgan fingerprint density at radius 1 is 1.33 bits per heavy atom. The molecule has 0 unspecified atom stereocenters. The maximum absolute atomic E-state index is 13.3. The van der Waals surface area contributed by atoms with Gasteiger partial charge < -0.3 is 9.84 Å². The van der Waals surface area contributed by atoms with Crippen LogP contribution in [0.15, 0.2) is 42.5 Å². The molecule has 0 atom stereocenters. The summed E-state index contributed by atoms with van der Waals surface area (Å²) in [6, 6.07) is 9.13. The van der Waals surface area contributed by atoms with E-state index in [1.165, 1.54) is 18.2 Å². The van der Waals surface area contributed by atoms with Crippen molar-refractivity contribution in [2.24, 2.45) is 0 Å². The number of carboxylic acids is 1. The molecule has 0 saturated carbocycles. The van der Waals surface area contributed by atoms with E-state index in [4.69, 9.17) is 21.4 Å². The maximum Gasteiger partial charge on any atom is 0.328 e.